The van der Waals surface area contributed by atoms with Crippen molar-refractivity contribution in [3.63, 3.8) is 0 Å². The lowest BCUT2D eigenvalue weighted by molar-refractivity contribution is 0.0694. The average Bonchev–Trinajstić information content (AvgIpc) is 3.10. The summed E-state index contributed by atoms with van der Waals surface area (Å²) < 4.78 is 16.6. The molecule has 2 aromatic rings. The number of fused-ring (bicyclic) bond motifs is 1. The minimum absolute atomic E-state index is 0.00700. The molecule has 0 fully saturated rings. The molecule has 27 heavy (non-hydrogen) atoms. The maximum absolute atomic E-state index is 12.7. The highest BCUT2D eigenvalue weighted by molar-refractivity contribution is 5.96. The molecular formula is C20H23NO6. The fraction of sp³-hybridized carbons (Fsp3) is 0.400. The van der Waals surface area contributed by atoms with Crippen LogP contribution in [0.15, 0.2) is 28.7 Å². The van der Waals surface area contributed by atoms with Crippen molar-refractivity contribution in [2.24, 2.45) is 5.92 Å². The maximum atomic E-state index is 12.7. The second-order valence-corrected chi connectivity index (χ2v) is 6.70. The summed E-state index contributed by atoms with van der Waals surface area (Å²) in [6.07, 6.45) is 0.394. The molecule has 0 aliphatic carbocycles. The number of carboxylic acid groups (broad SMARTS) is 1. The summed E-state index contributed by atoms with van der Waals surface area (Å²) in [4.78, 5) is 24.0. The van der Waals surface area contributed by atoms with Gasteiger partial charge in [0.1, 0.15) is 24.5 Å². The number of aromatic carboxylic acids is 1. The predicted molar refractivity (Wildman–Crippen MR) is 97.5 cm³/mol. The van der Waals surface area contributed by atoms with E-state index in [2.05, 4.69) is 5.32 Å². The molecular weight excluding hydrogens is 350 g/mol. The van der Waals surface area contributed by atoms with E-state index in [0.29, 0.717) is 31.1 Å². The molecule has 0 bridgehead atoms. The van der Waals surface area contributed by atoms with E-state index in [1.165, 1.54) is 6.07 Å². The Kier molecular flexibility index (Phi) is 5.39. The van der Waals surface area contributed by atoms with Gasteiger partial charge in [-0.2, -0.15) is 0 Å². The maximum Gasteiger partial charge on any atom is 0.339 e. The average molecular weight is 373 g/mol. The molecule has 3 rings (SSSR count). The molecule has 7 heteroatoms. The third-order valence-corrected chi connectivity index (χ3v) is 4.46. The standard InChI is InChI=1S/C20H23NO6/c1-4-14-13(20(23)24)10-17(27-14)19(22)21-18(11(2)3)12-5-6-15-16(9-12)26-8-7-25-15/h5-6,9-11,18H,4,7-8H2,1-3H3,(H,21,22)(H,23,24). The molecule has 1 aliphatic heterocycles. The van der Waals surface area contributed by atoms with Crippen molar-refractivity contribution in [1.29, 1.82) is 0 Å². The Labute approximate surface area is 157 Å². The van der Waals surface area contributed by atoms with Crippen molar-refractivity contribution in [2.75, 3.05) is 13.2 Å². The first-order chi connectivity index (χ1) is 12.9. The van der Waals surface area contributed by atoms with Crippen molar-refractivity contribution < 1.29 is 28.6 Å². The Hall–Kier alpha value is -2.96. The molecule has 7 nitrogen and oxygen atoms in total. The summed E-state index contributed by atoms with van der Waals surface area (Å²) in [5.41, 5.74) is 0.895. The highest BCUT2D eigenvalue weighted by Gasteiger charge is 2.25. The number of carboxylic acids is 1. The summed E-state index contributed by atoms with van der Waals surface area (Å²) >= 11 is 0. The third kappa shape index (κ3) is 3.92. The quantitative estimate of drug-likeness (QED) is 0.805. The van der Waals surface area contributed by atoms with E-state index < -0.39 is 11.9 Å². The van der Waals surface area contributed by atoms with E-state index in [0.717, 1.165) is 5.56 Å². The van der Waals surface area contributed by atoms with Gasteiger partial charge in [-0.3, -0.25) is 4.79 Å². The SMILES string of the molecule is CCc1oc(C(=O)NC(c2ccc3c(c2)OCCO3)C(C)C)cc1C(=O)O. The van der Waals surface area contributed by atoms with Crippen LogP contribution in [0.25, 0.3) is 0 Å². The summed E-state index contributed by atoms with van der Waals surface area (Å²) in [5.74, 6) is 0.144. The molecule has 1 aromatic carbocycles. The van der Waals surface area contributed by atoms with Crippen LogP contribution in [0.5, 0.6) is 11.5 Å². The van der Waals surface area contributed by atoms with Crippen molar-refractivity contribution in [1.82, 2.24) is 5.32 Å². The van der Waals surface area contributed by atoms with Gasteiger partial charge in [0.2, 0.25) is 0 Å². The predicted octanol–water partition coefficient (Wildman–Crippen LogP) is 3.44. The Morgan fingerprint density at radius 2 is 1.85 bits per heavy atom. The molecule has 1 amide bonds. The second kappa shape index (κ2) is 7.73. The first-order valence-electron chi connectivity index (χ1n) is 8.97. The van der Waals surface area contributed by atoms with Gasteiger partial charge < -0.3 is 24.3 Å². The number of aryl methyl sites for hydroxylation is 1. The van der Waals surface area contributed by atoms with Gasteiger partial charge in [0.15, 0.2) is 17.3 Å². The monoisotopic (exact) mass is 373 g/mol. The first kappa shape index (κ1) is 18.8. The van der Waals surface area contributed by atoms with Crippen molar-refractivity contribution in [3.05, 3.63) is 46.9 Å². The van der Waals surface area contributed by atoms with Gasteiger partial charge in [-0.15, -0.1) is 0 Å². The van der Waals surface area contributed by atoms with E-state index in [1.807, 2.05) is 32.0 Å². The van der Waals surface area contributed by atoms with E-state index in [-0.39, 0.29) is 29.0 Å². The number of nitrogens with one attached hydrogen (secondary N) is 1. The van der Waals surface area contributed by atoms with Gasteiger partial charge in [-0.05, 0) is 23.6 Å². The zero-order valence-electron chi connectivity index (χ0n) is 15.6. The van der Waals surface area contributed by atoms with Crippen LogP contribution in [0.3, 0.4) is 0 Å². The molecule has 2 N–H and O–H groups in total. The number of ether oxygens (including phenoxy) is 2. The molecule has 1 unspecified atom stereocenters. The lowest BCUT2D eigenvalue weighted by Crippen LogP contribution is -2.31. The Balaban J connectivity index is 1.84. The molecule has 0 radical (unpaired) electrons. The molecule has 2 heterocycles. The normalized spacial score (nSPS) is 14.1. The van der Waals surface area contributed by atoms with Crippen LogP contribution in [-0.4, -0.2) is 30.2 Å². The highest BCUT2D eigenvalue weighted by atomic mass is 16.6. The zero-order valence-corrected chi connectivity index (χ0v) is 15.6. The number of rotatable bonds is 6. The van der Waals surface area contributed by atoms with E-state index >= 15 is 0 Å². The first-order valence-corrected chi connectivity index (χ1v) is 8.97. The van der Waals surface area contributed by atoms with Crippen LogP contribution in [0.1, 0.15) is 59.0 Å². The van der Waals surface area contributed by atoms with E-state index in [9.17, 15) is 14.7 Å². The number of carbonyl (C=O) groups is 2. The largest absolute Gasteiger partial charge is 0.486 e. The van der Waals surface area contributed by atoms with E-state index in [1.54, 1.807) is 6.92 Å². The second-order valence-electron chi connectivity index (χ2n) is 6.70. The number of furan rings is 1. The summed E-state index contributed by atoms with van der Waals surface area (Å²) in [6.45, 7) is 6.76. The number of carbonyl (C=O) groups excluding carboxylic acids is 1. The van der Waals surface area contributed by atoms with Crippen molar-refractivity contribution in [2.45, 2.75) is 33.2 Å². The Morgan fingerprint density at radius 3 is 2.44 bits per heavy atom. The minimum atomic E-state index is -1.11. The smallest absolute Gasteiger partial charge is 0.339 e. The van der Waals surface area contributed by atoms with Gasteiger partial charge >= 0.3 is 5.97 Å². The number of amides is 1. The number of hydrogen-bond acceptors (Lipinski definition) is 5. The summed E-state index contributed by atoms with van der Waals surface area (Å²) in [5, 5.41) is 12.2. The third-order valence-electron chi connectivity index (χ3n) is 4.46. The molecule has 0 saturated heterocycles. The van der Waals surface area contributed by atoms with Crippen LogP contribution < -0.4 is 14.8 Å². The molecule has 1 aromatic heterocycles. The van der Waals surface area contributed by atoms with Crippen LogP contribution >= 0.6 is 0 Å². The van der Waals surface area contributed by atoms with Gasteiger partial charge in [-0.25, -0.2) is 4.79 Å². The van der Waals surface area contributed by atoms with Gasteiger partial charge in [0.25, 0.3) is 5.91 Å². The molecule has 1 aliphatic rings. The van der Waals surface area contributed by atoms with Gasteiger partial charge in [0.05, 0.1) is 6.04 Å². The van der Waals surface area contributed by atoms with Crippen molar-refractivity contribution >= 4 is 11.9 Å². The molecule has 1 atom stereocenters. The summed E-state index contributed by atoms with van der Waals surface area (Å²) in [7, 11) is 0. The van der Waals surface area contributed by atoms with Gasteiger partial charge in [-0.1, -0.05) is 26.8 Å². The van der Waals surface area contributed by atoms with Crippen LogP contribution in [-0.2, 0) is 6.42 Å². The Morgan fingerprint density at radius 1 is 1.15 bits per heavy atom. The van der Waals surface area contributed by atoms with Crippen LogP contribution in [0.2, 0.25) is 0 Å². The van der Waals surface area contributed by atoms with Crippen LogP contribution in [0.4, 0.5) is 0 Å². The highest BCUT2D eigenvalue weighted by Crippen LogP contribution is 2.34. The Bertz CT molecular complexity index is 854. The molecule has 0 saturated carbocycles. The fourth-order valence-corrected chi connectivity index (χ4v) is 3.08. The van der Waals surface area contributed by atoms with Crippen molar-refractivity contribution in [3.8, 4) is 11.5 Å². The number of hydrogen-bond donors (Lipinski definition) is 2. The molecule has 144 valence electrons. The van der Waals surface area contributed by atoms with E-state index in [4.69, 9.17) is 13.9 Å². The van der Waals surface area contributed by atoms with Crippen LogP contribution in [0, 0.1) is 5.92 Å². The van der Waals surface area contributed by atoms with Gasteiger partial charge in [0, 0.05) is 12.5 Å². The topological polar surface area (TPSA) is 98.0 Å². The lowest BCUT2D eigenvalue weighted by Gasteiger charge is -2.25. The summed E-state index contributed by atoms with van der Waals surface area (Å²) in [6, 6.07) is 6.56. The minimum Gasteiger partial charge on any atom is -0.486 e. The number of benzene rings is 1. The fourth-order valence-electron chi connectivity index (χ4n) is 3.08. The molecule has 0 spiro atoms. The zero-order chi connectivity index (χ0) is 19.6. The lowest BCUT2D eigenvalue weighted by atomic mass is 9.95.